The van der Waals surface area contributed by atoms with E-state index < -0.39 is 5.97 Å². The second kappa shape index (κ2) is 6.91. The van der Waals surface area contributed by atoms with Crippen LogP contribution in [0.15, 0.2) is 41.6 Å². The van der Waals surface area contributed by atoms with Crippen molar-refractivity contribution in [2.75, 3.05) is 11.1 Å². The molecule has 2 aromatic rings. The second-order valence-corrected chi connectivity index (χ2v) is 7.40. The number of hydrogen-bond donors (Lipinski definition) is 1. The third-order valence-electron chi connectivity index (χ3n) is 4.73. The van der Waals surface area contributed by atoms with Gasteiger partial charge in [0, 0.05) is 5.69 Å². The number of carboxylic acid groups (broad SMARTS) is 1. The highest BCUT2D eigenvalue weighted by atomic mass is 32.2. The summed E-state index contributed by atoms with van der Waals surface area (Å²) in [6.07, 6.45) is 6.66. The molecule has 9 heteroatoms. The smallest absolute Gasteiger partial charge is 0.234 e. The molecule has 0 saturated heterocycles. The lowest BCUT2D eigenvalue weighted by Gasteiger charge is -2.18. The first kappa shape index (κ1) is 16.8. The van der Waals surface area contributed by atoms with E-state index in [1.54, 1.807) is 12.1 Å². The summed E-state index contributed by atoms with van der Waals surface area (Å²) in [4.78, 5) is 23.0. The molecule has 26 heavy (non-hydrogen) atoms. The van der Waals surface area contributed by atoms with E-state index >= 15 is 0 Å². The number of fused-ring (bicyclic) bond motifs is 2. The Morgan fingerprint density at radius 2 is 2.19 bits per heavy atom. The molecule has 2 aliphatic carbocycles. The Morgan fingerprint density at radius 1 is 1.31 bits per heavy atom. The Morgan fingerprint density at radius 3 is 2.92 bits per heavy atom. The van der Waals surface area contributed by atoms with Gasteiger partial charge in [0.05, 0.1) is 17.8 Å². The fourth-order valence-electron chi connectivity index (χ4n) is 3.57. The van der Waals surface area contributed by atoms with Crippen molar-refractivity contribution < 1.29 is 14.7 Å². The summed E-state index contributed by atoms with van der Waals surface area (Å²) >= 11 is 1.27. The molecular weight excluding hydrogens is 354 g/mol. The minimum atomic E-state index is -1.28. The molecule has 2 bridgehead atoms. The number of carbonyl (C=O) groups is 2. The third kappa shape index (κ3) is 3.34. The molecular formula is C17H16N5O3S-. The van der Waals surface area contributed by atoms with Crippen molar-refractivity contribution in [3.8, 4) is 0 Å². The van der Waals surface area contributed by atoms with Crippen LogP contribution < -0.4 is 10.4 Å². The molecule has 0 unspecified atom stereocenters. The molecule has 0 aliphatic heterocycles. The minimum Gasteiger partial charge on any atom is -0.545 e. The summed E-state index contributed by atoms with van der Waals surface area (Å²) < 4.78 is 1.82. The van der Waals surface area contributed by atoms with Gasteiger partial charge < -0.3 is 15.2 Å². The molecule has 1 heterocycles. The van der Waals surface area contributed by atoms with E-state index in [0.29, 0.717) is 22.7 Å². The zero-order valence-corrected chi connectivity index (χ0v) is 14.6. The molecule has 1 aromatic carbocycles. The van der Waals surface area contributed by atoms with E-state index in [2.05, 4.69) is 33.0 Å². The number of allylic oxidation sites excluding steroid dienone is 2. The lowest BCUT2D eigenvalue weighted by Crippen LogP contribution is -2.22. The van der Waals surface area contributed by atoms with Gasteiger partial charge in [-0.15, -0.1) is 5.10 Å². The van der Waals surface area contributed by atoms with E-state index in [1.165, 1.54) is 23.9 Å². The largest absolute Gasteiger partial charge is 0.545 e. The summed E-state index contributed by atoms with van der Waals surface area (Å²) in [7, 11) is 0. The number of tetrazole rings is 1. The molecule has 0 radical (unpaired) electrons. The summed E-state index contributed by atoms with van der Waals surface area (Å²) in [5.41, 5.74) is 0.430. The van der Waals surface area contributed by atoms with Crippen LogP contribution in [0.25, 0.3) is 0 Å². The Labute approximate surface area is 153 Å². The normalized spacial score (nSPS) is 23.3. The number of benzene rings is 1. The molecule has 1 N–H and O–H groups in total. The highest BCUT2D eigenvalue weighted by Crippen LogP contribution is 2.46. The molecule has 1 aromatic heterocycles. The number of hydrogen-bond acceptors (Lipinski definition) is 7. The van der Waals surface area contributed by atoms with Crippen LogP contribution in [0.4, 0.5) is 5.69 Å². The van der Waals surface area contributed by atoms with Crippen molar-refractivity contribution in [1.82, 2.24) is 20.2 Å². The van der Waals surface area contributed by atoms with Gasteiger partial charge in [-0.3, -0.25) is 4.79 Å². The van der Waals surface area contributed by atoms with Crippen LogP contribution in [0, 0.1) is 11.8 Å². The maximum absolute atomic E-state index is 12.2. The van der Waals surface area contributed by atoms with Gasteiger partial charge in [-0.25, -0.2) is 4.68 Å². The molecule has 134 valence electrons. The van der Waals surface area contributed by atoms with Crippen molar-refractivity contribution in [2.24, 2.45) is 11.8 Å². The summed E-state index contributed by atoms with van der Waals surface area (Å²) in [6, 6.07) is 6.21. The zero-order valence-electron chi connectivity index (χ0n) is 13.7. The molecule has 1 amide bonds. The number of amides is 1. The van der Waals surface area contributed by atoms with Gasteiger partial charge in [-0.2, -0.15) is 0 Å². The van der Waals surface area contributed by atoms with E-state index in [9.17, 15) is 14.7 Å². The van der Waals surface area contributed by atoms with Gasteiger partial charge in [0.25, 0.3) is 0 Å². The Hall–Kier alpha value is -2.68. The average molecular weight is 370 g/mol. The molecule has 4 rings (SSSR count). The van der Waals surface area contributed by atoms with Gasteiger partial charge in [0.2, 0.25) is 11.1 Å². The monoisotopic (exact) mass is 370 g/mol. The Balaban J connectivity index is 1.37. The SMILES string of the molecule is O=C(CSc1nnnn1[C@H]1C[C@@H]2C=C[C@H]1C2)Nc1cccc(C(=O)[O-])c1. The van der Waals surface area contributed by atoms with E-state index in [0.717, 1.165) is 12.8 Å². The van der Waals surface area contributed by atoms with Crippen LogP contribution in [0.1, 0.15) is 29.2 Å². The molecule has 3 atom stereocenters. The average Bonchev–Trinajstić information content (AvgIpc) is 3.36. The van der Waals surface area contributed by atoms with E-state index in [-0.39, 0.29) is 23.3 Å². The number of aromatic carboxylic acids is 1. The summed E-state index contributed by atoms with van der Waals surface area (Å²) in [5, 5.41) is 26.1. The highest BCUT2D eigenvalue weighted by Gasteiger charge is 2.38. The number of rotatable bonds is 6. The topological polar surface area (TPSA) is 113 Å². The standard InChI is InChI=1S/C17H17N5O3S/c23-15(18-13-3-1-2-12(8-13)16(24)25)9-26-17-19-20-21-22(17)14-7-10-4-5-11(14)6-10/h1-5,8,10-11,14H,6-7,9H2,(H,18,23)(H,24,25)/p-1/t10-,11+,14+/m1/s1. The fourth-order valence-corrected chi connectivity index (χ4v) is 4.30. The predicted octanol–water partition coefficient (Wildman–Crippen LogP) is 0.904. The van der Waals surface area contributed by atoms with Crippen LogP contribution in [-0.4, -0.2) is 37.8 Å². The summed E-state index contributed by atoms with van der Waals surface area (Å²) in [6.45, 7) is 0. The molecule has 2 aliphatic rings. The number of anilines is 1. The lowest BCUT2D eigenvalue weighted by molar-refractivity contribution is -0.255. The number of thioether (sulfide) groups is 1. The minimum absolute atomic E-state index is 0.0173. The predicted molar refractivity (Wildman–Crippen MR) is 92.3 cm³/mol. The first-order chi connectivity index (χ1) is 12.6. The molecule has 1 fully saturated rings. The van der Waals surface area contributed by atoms with Crippen molar-refractivity contribution in [3.63, 3.8) is 0 Å². The maximum Gasteiger partial charge on any atom is 0.234 e. The fraction of sp³-hybridized carbons (Fsp3) is 0.353. The molecule has 8 nitrogen and oxygen atoms in total. The Kier molecular flexibility index (Phi) is 4.46. The van der Waals surface area contributed by atoms with Crippen molar-refractivity contribution >= 4 is 29.3 Å². The van der Waals surface area contributed by atoms with Crippen molar-refractivity contribution in [3.05, 3.63) is 42.0 Å². The quantitative estimate of drug-likeness (QED) is 0.594. The van der Waals surface area contributed by atoms with Gasteiger partial charge in [-0.05, 0) is 52.8 Å². The van der Waals surface area contributed by atoms with E-state index in [1.807, 2.05) is 4.68 Å². The first-order valence-corrected chi connectivity index (χ1v) is 9.29. The highest BCUT2D eigenvalue weighted by molar-refractivity contribution is 7.99. The number of nitrogens with one attached hydrogen (secondary N) is 1. The molecule has 0 spiro atoms. The number of carboxylic acids is 1. The lowest BCUT2D eigenvalue weighted by atomic mass is 10.0. The van der Waals surface area contributed by atoms with Crippen LogP contribution >= 0.6 is 11.8 Å². The first-order valence-electron chi connectivity index (χ1n) is 8.30. The van der Waals surface area contributed by atoms with Gasteiger partial charge >= 0.3 is 0 Å². The van der Waals surface area contributed by atoms with Gasteiger partial charge in [-0.1, -0.05) is 36.0 Å². The van der Waals surface area contributed by atoms with Crippen molar-refractivity contribution in [1.29, 1.82) is 0 Å². The Bertz CT molecular complexity index is 881. The van der Waals surface area contributed by atoms with Crippen LogP contribution in [-0.2, 0) is 4.79 Å². The second-order valence-electron chi connectivity index (χ2n) is 6.46. The van der Waals surface area contributed by atoms with Crippen LogP contribution in [0.3, 0.4) is 0 Å². The van der Waals surface area contributed by atoms with Crippen LogP contribution in [0.2, 0.25) is 0 Å². The summed E-state index contributed by atoms with van der Waals surface area (Å²) in [5.74, 6) is -0.343. The number of aromatic nitrogens is 4. The van der Waals surface area contributed by atoms with Crippen molar-refractivity contribution in [2.45, 2.75) is 24.0 Å². The zero-order chi connectivity index (χ0) is 18.1. The third-order valence-corrected chi connectivity index (χ3v) is 5.67. The molecule has 1 saturated carbocycles. The number of nitrogens with zero attached hydrogens (tertiary/aromatic N) is 4. The maximum atomic E-state index is 12.2. The van der Waals surface area contributed by atoms with E-state index in [4.69, 9.17) is 0 Å². The van der Waals surface area contributed by atoms with Gasteiger partial charge in [0.15, 0.2) is 0 Å². The van der Waals surface area contributed by atoms with Crippen LogP contribution in [0.5, 0.6) is 0 Å². The number of carbonyl (C=O) groups excluding carboxylic acids is 2. The van der Waals surface area contributed by atoms with Gasteiger partial charge in [0.1, 0.15) is 0 Å².